The van der Waals surface area contributed by atoms with Crippen LogP contribution in [0.15, 0.2) is 16.7 Å². The van der Waals surface area contributed by atoms with Gasteiger partial charge in [-0.15, -0.1) is 11.3 Å². The van der Waals surface area contributed by atoms with Crippen LogP contribution in [0.2, 0.25) is 5.15 Å². The highest BCUT2D eigenvalue weighted by Gasteiger charge is 2.08. The van der Waals surface area contributed by atoms with Gasteiger partial charge in [-0.3, -0.25) is 9.83 Å². The highest BCUT2D eigenvalue weighted by atomic mass is 35.5. The van der Waals surface area contributed by atoms with E-state index in [-0.39, 0.29) is 0 Å². The first-order chi connectivity index (χ1) is 9.22. The molecule has 0 radical (unpaired) electrons. The molecule has 8 heteroatoms. The largest absolute Gasteiger partial charge is 0.361 e. The number of hydrogen-bond acceptors (Lipinski definition) is 4. The number of nitrogens with one attached hydrogen (secondary N) is 2. The maximum Gasteiger partial charge on any atom is 0.195 e. The second-order valence-corrected chi connectivity index (χ2v) is 5.46. The minimum atomic E-state index is 0.433. The fourth-order valence-corrected chi connectivity index (χ4v) is 2.61. The van der Waals surface area contributed by atoms with Crippen LogP contribution >= 0.6 is 35.2 Å². The number of aromatic nitrogens is 2. The first kappa shape index (κ1) is 14.2. The maximum absolute atomic E-state index is 6.03. The minimum absolute atomic E-state index is 0.433. The predicted octanol–water partition coefficient (Wildman–Crippen LogP) is 2.65. The van der Waals surface area contributed by atoms with Gasteiger partial charge in [-0.1, -0.05) is 24.9 Å². The van der Waals surface area contributed by atoms with Gasteiger partial charge in [-0.05, 0) is 18.6 Å². The fraction of sp³-hybridized carbons (Fsp3) is 0.364. The quantitative estimate of drug-likeness (QED) is 0.385. The topological polar surface area (TPSA) is 53.7 Å². The van der Waals surface area contributed by atoms with E-state index < -0.39 is 0 Å². The number of unbranched alkanes of at least 4 members (excludes halogenated alkanes) is 1. The van der Waals surface area contributed by atoms with Crippen molar-refractivity contribution < 1.29 is 0 Å². The molecule has 0 saturated carbocycles. The van der Waals surface area contributed by atoms with Crippen molar-refractivity contribution in [3.63, 3.8) is 0 Å². The number of thiazole rings is 1. The first-order valence-electron chi connectivity index (χ1n) is 5.90. The van der Waals surface area contributed by atoms with Crippen molar-refractivity contribution in [3.05, 3.63) is 22.4 Å². The van der Waals surface area contributed by atoms with Crippen molar-refractivity contribution in [1.82, 2.24) is 20.1 Å². The molecule has 0 unspecified atom stereocenters. The molecule has 0 atom stereocenters. The molecule has 0 bridgehead atoms. The number of halogens is 1. The van der Waals surface area contributed by atoms with Crippen molar-refractivity contribution in [3.8, 4) is 0 Å². The third kappa shape index (κ3) is 3.65. The average molecular weight is 316 g/mol. The maximum atomic E-state index is 6.03. The van der Waals surface area contributed by atoms with Crippen molar-refractivity contribution in [2.24, 2.45) is 5.10 Å². The molecule has 0 spiro atoms. The lowest BCUT2D eigenvalue weighted by atomic mass is 10.3. The number of imidazole rings is 1. The Balaban J connectivity index is 1.93. The van der Waals surface area contributed by atoms with Crippen molar-refractivity contribution in [2.45, 2.75) is 19.8 Å². The van der Waals surface area contributed by atoms with Crippen LogP contribution in [0, 0.1) is 0 Å². The molecule has 5 nitrogen and oxygen atoms in total. The summed E-state index contributed by atoms with van der Waals surface area (Å²) < 4.78 is 1.88. The third-order valence-corrected chi connectivity index (χ3v) is 3.69. The number of fused-ring (bicyclic) bond motifs is 1. The third-order valence-electron chi connectivity index (χ3n) is 2.42. The van der Waals surface area contributed by atoms with E-state index in [4.69, 9.17) is 23.8 Å². The Hall–Kier alpha value is -1.18. The van der Waals surface area contributed by atoms with Gasteiger partial charge in [0.25, 0.3) is 0 Å². The molecule has 2 N–H and O–H groups in total. The van der Waals surface area contributed by atoms with Gasteiger partial charge in [-0.25, -0.2) is 4.98 Å². The van der Waals surface area contributed by atoms with Crippen LogP contribution < -0.4 is 10.7 Å². The van der Waals surface area contributed by atoms with Gasteiger partial charge in [0.05, 0.1) is 6.21 Å². The average Bonchev–Trinajstić information content (AvgIpc) is 2.92. The molecule has 2 aromatic rings. The van der Waals surface area contributed by atoms with E-state index in [1.54, 1.807) is 6.21 Å². The summed E-state index contributed by atoms with van der Waals surface area (Å²) in [6, 6.07) is 0. The molecule has 0 saturated heterocycles. The standard InChI is InChI=1S/C11H14ClN5S2/c1-2-3-4-13-10(18)16-14-7-8-9(12)15-11-17(8)5-6-19-11/h5-7H,2-4H2,1H3,(H2,13,16,18)/b14-7-. The number of hydrazone groups is 1. The number of rotatable bonds is 5. The Morgan fingerprint density at radius 1 is 1.68 bits per heavy atom. The molecule has 2 rings (SSSR count). The number of nitrogens with zero attached hydrogens (tertiary/aromatic N) is 3. The van der Waals surface area contributed by atoms with E-state index in [2.05, 4.69) is 27.8 Å². The van der Waals surface area contributed by atoms with Crippen molar-refractivity contribution >= 4 is 51.4 Å². The molecule has 0 aliphatic rings. The summed E-state index contributed by atoms with van der Waals surface area (Å²) in [5.41, 5.74) is 3.50. The summed E-state index contributed by atoms with van der Waals surface area (Å²) >= 11 is 12.6. The second kappa shape index (κ2) is 6.83. The minimum Gasteiger partial charge on any atom is -0.361 e. The first-order valence-corrected chi connectivity index (χ1v) is 7.57. The zero-order chi connectivity index (χ0) is 13.7. The van der Waals surface area contributed by atoms with E-state index in [0.717, 1.165) is 30.0 Å². The molecular weight excluding hydrogens is 302 g/mol. The monoisotopic (exact) mass is 315 g/mol. The second-order valence-electron chi connectivity index (χ2n) is 3.82. The van der Waals surface area contributed by atoms with Gasteiger partial charge in [0.15, 0.2) is 15.2 Å². The highest BCUT2D eigenvalue weighted by Crippen LogP contribution is 2.19. The van der Waals surface area contributed by atoms with Crippen LogP contribution in [0.5, 0.6) is 0 Å². The smallest absolute Gasteiger partial charge is 0.195 e. The van der Waals surface area contributed by atoms with Crippen LogP contribution in [0.1, 0.15) is 25.5 Å². The van der Waals surface area contributed by atoms with E-state index in [1.807, 2.05) is 16.0 Å². The van der Waals surface area contributed by atoms with Gasteiger partial charge in [-0.2, -0.15) is 5.10 Å². The summed E-state index contributed by atoms with van der Waals surface area (Å²) in [5, 5.41) is 10.0. The van der Waals surface area contributed by atoms with Gasteiger partial charge >= 0.3 is 0 Å². The zero-order valence-electron chi connectivity index (χ0n) is 10.4. The van der Waals surface area contributed by atoms with Crippen LogP contribution in [0.3, 0.4) is 0 Å². The predicted molar refractivity (Wildman–Crippen MR) is 84.3 cm³/mol. The molecular formula is C11H14ClN5S2. The van der Waals surface area contributed by atoms with E-state index in [1.165, 1.54) is 11.3 Å². The summed E-state index contributed by atoms with van der Waals surface area (Å²) in [6.45, 7) is 2.98. The SMILES string of the molecule is CCCCNC(=S)N/N=C\c1c(Cl)nc2sccn12. The Morgan fingerprint density at radius 3 is 3.32 bits per heavy atom. The van der Waals surface area contributed by atoms with Gasteiger partial charge < -0.3 is 5.32 Å². The Labute approximate surface area is 125 Å². The normalized spacial score (nSPS) is 11.3. The molecule has 0 aromatic carbocycles. The summed E-state index contributed by atoms with van der Waals surface area (Å²) in [4.78, 5) is 5.05. The molecule has 0 fully saturated rings. The molecule has 0 aliphatic carbocycles. The lowest BCUT2D eigenvalue weighted by Gasteiger charge is -2.05. The van der Waals surface area contributed by atoms with E-state index >= 15 is 0 Å². The summed E-state index contributed by atoms with van der Waals surface area (Å²) in [5.74, 6) is 0. The van der Waals surface area contributed by atoms with Crippen LogP contribution in [0.4, 0.5) is 0 Å². The Morgan fingerprint density at radius 2 is 2.53 bits per heavy atom. The molecule has 2 heterocycles. The number of thiocarbonyl (C=S) groups is 1. The fourth-order valence-electron chi connectivity index (χ4n) is 1.46. The van der Waals surface area contributed by atoms with Crippen molar-refractivity contribution in [1.29, 1.82) is 0 Å². The van der Waals surface area contributed by atoms with Crippen molar-refractivity contribution in [2.75, 3.05) is 6.54 Å². The van der Waals surface area contributed by atoms with Gasteiger partial charge in [0.1, 0.15) is 5.69 Å². The van der Waals surface area contributed by atoms with Gasteiger partial charge in [0.2, 0.25) is 0 Å². The van der Waals surface area contributed by atoms with E-state index in [9.17, 15) is 0 Å². The van der Waals surface area contributed by atoms with Crippen LogP contribution in [-0.2, 0) is 0 Å². The highest BCUT2D eigenvalue weighted by molar-refractivity contribution is 7.80. The zero-order valence-corrected chi connectivity index (χ0v) is 12.8. The molecule has 0 amide bonds. The molecule has 0 aliphatic heterocycles. The number of hydrogen-bond donors (Lipinski definition) is 2. The lowest BCUT2D eigenvalue weighted by Crippen LogP contribution is -2.32. The van der Waals surface area contributed by atoms with Crippen LogP contribution in [0.25, 0.3) is 4.96 Å². The Bertz CT molecular complexity index is 589. The molecule has 19 heavy (non-hydrogen) atoms. The summed E-state index contributed by atoms with van der Waals surface area (Å²) in [7, 11) is 0. The summed E-state index contributed by atoms with van der Waals surface area (Å²) in [6.07, 6.45) is 5.72. The molecule has 102 valence electrons. The lowest BCUT2D eigenvalue weighted by molar-refractivity contribution is 0.745. The van der Waals surface area contributed by atoms with E-state index in [0.29, 0.717) is 10.3 Å². The Kier molecular flexibility index (Phi) is 5.12. The molecule has 2 aromatic heterocycles. The van der Waals surface area contributed by atoms with Gasteiger partial charge in [0, 0.05) is 18.1 Å². The van der Waals surface area contributed by atoms with Crippen LogP contribution in [-0.4, -0.2) is 27.3 Å².